The molecule has 2 nitrogen and oxygen atoms in total. The molecule has 4 heteroatoms. The van der Waals surface area contributed by atoms with Gasteiger partial charge in [-0.15, -0.1) is 0 Å². The summed E-state index contributed by atoms with van der Waals surface area (Å²) >= 11 is 0. The number of hydrogen-bond acceptors (Lipinski definition) is 2. The molecule has 0 amide bonds. The predicted molar refractivity (Wildman–Crippen MR) is 148 cm³/mol. The van der Waals surface area contributed by atoms with Gasteiger partial charge in [0.1, 0.15) is 5.83 Å². The van der Waals surface area contributed by atoms with E-state index in [4.69, 9.17) is 9.47 Å². The number of ether oxygens (including phenoxy) is 2. The summed E-state index contributed by atoms with van der Waals surface area (Å²) in [7, 11) is 0. The Balaban J connectivity index is 1.46. The van der Waals surface area contributed by atoms with Crippen LogP contribution in [0.4, 0.5) is 8.78 Å². The number of halogens is 2. The average Bonchev–Trinajstić information content (AvgIpc) is 2.94. The van der Waals surface area contributed by atoms with Gasteiger partial charge in [-0.2, -0.15) is 0 Å². The first kappa shape index (κ1) is 27.0. The van der Waals surface area contributed by atoms with Crippen LogP contribution in [0.1, 0.15) is 51.5 Å². The number of unbranched alkanes of at least 4 members (excludes halogenated alkanes) is 4. The second-order valence-electron chi connectivity index (χ2n) is 9.40. The summed E-state index contributed by atoms with van der Waals surface area (Å²) in [6.45, 7) is 4.47. The van der Waals surface area contributed by atoms with E-state index in [0.717, 1.165) is 42.4 Å². The highest BCUT2D eigenvalue weighted by Crippen LogP contribution is 2.39. The number of benzene rings is 3. The van der Waals surface area contributed by atoms with Crippen LogP contribution in [-0.2, 0) is 9.47 Å². The molecule has 2 atom stereocenters. The van der Waals surface area contributed by atoms with Crippen molar-refractivity contribution in [3.8, 4) is 22.3 Å². The molecule has 0 saturated heterocycles. The molecule has 0 aromatic heterocycles. The molecule has 0 radical (unpaired) electrons. The Morgan fingerprint density at radius 1 is 0.676 bits per heavy atom. The summed E-state index contributed by atoms with van der Waals surface area (Å²) in [6, 6.07) is 26.1. The summed E-state index contributed by atoms with van der Waals surface area (Å²) in [5.74, 6) is -2.57. The van der Waals surface area contributed by atoms with Gasteiger partial charge in [-0.25, -0.2) is 8.78 Å². The van der Waals surface area contributed by atoms with Gasteiger partial charge in [0.05, 0.1) is 6.61 Å². The van der Waals surface area contributed by atoms with Gasteiger partial charge < -0.3 is 9.47 Å². The highest BCUT2D eigenvalue weighted by molar-refractivity contribution is 5.79. The molecular formula is C33H36F2O2. The van der Waals surface area contributed by atoms with Crippen LogP contribution in [0, 0.1) is 0 Å². The molecule has 3 aromatic carbocycles. The van der Waals surface area contributed by atoms with Crippen molar-refractivity contribution in [2.24, 2.45) is 0 Å². The van der Waals surface area contributed by atoms with E-state index in [1.807, 2.05) is 42.5 Å². The van der Waals surface area contributed by atoms with Gasteiger partial charge in [0.25, 0.3) is 0 Å². The maximum absolute atomic E-state index is 15.4. The van der Waals surface area contributed by atoms with E-state index in [9.17, 15) is 0 Å². The molecule has 37 heavy (non-hydrogen) atoms. The van der Waals surface area contributed by atoms with E-state index >= 15 is 8.78 Å². The van der Waals surface area contributed by atoms with E-state index in [1.165, 1.54) is 18.1 Å². The lowest BCUT2D eigenvalue weighted by Crippen LogP contribution is -2.46. The van der Waals surface area contributed by atoms with Crippen molar-refractivity contribution in [2.75, 3.05) is 13.2 Å². The summed E-state index contributed by atoms with van der Waals surface area (Å²) in [6.07, 6.45) is 6.32. The molecule has 4 rings (SSSR count). The molecule has 3 aromatic rings. The monoisotopic (exact) mass is 502 g/mol. The van der Waals surface area contributed by atoms with Gasteiger partial charge in [-0.3, -0.25) is 0 Å². The zero-order valence-electron chi connectivity index (χ0n) is 21.8. The van der Waals surface area contributed by atoms with Crippen molar-refractivity contribution >= 4 is 5.57 Å². The fourth-order valence-electron chi connectivity index (χ4n) is 4.69. The fourth-order valence-corrected chi connectivity index (χ4v) is 4.69. The maximum Gasteiger partial charge on any atom is 0.227 e. The maximum atomic E-state index is 15.4. The van der Waals surface area contributed by atoms with E-state index in [2.05, 4.69) is 43.3 Å². The third kappa shape index (κ3) is 6.44. The Kier molecular flexibility index (Phi) is 9.43. The van der Waals surface area contributed by atoms with Crippen LogP contribution in [0.3, 0.4) is 0 Å². The molecule has 0 aliphatic heterocycles. The Morgan fingerprint density at radius 2 is 1.22 bits per heavy atom. The smallest absolute Gasteiger partial charge is 0.227 e. The first-order valence-corrected chi connectivity index (χ1v) is 13.3. The van der Waals surface area contributed by atoms with Gasteiger partial charge in [0.2, 0.25) is 12.0 Å². The van der Waals surface area contributed by atoms with Crippen molar-refractivity contribution in [1.29, 1.82) is 0 Å². The summed E-state index contributed by atoms with van der Waals surface area (Å²) in [5.41, 5.74) is 5.23. The molecule has 0 N–H and O–H groups in total. The quantitative estimate of drug-likeness (QED) is 0.181. The molecule has 1 aliphatic rings. The van der Waals surface area contributed by atoms with E-state index < -0.39 is 17.8 Å². The third-order valence-corrected chi connectivity index (χ3v) is 6.78. The van der Waals surface area contributed by atoms with E-state index in [-0.39, 0.29) is 12.2 Å². The zero-order valence-corrected chi connectivity index (χ0v) is 21.8. The first-order chi connectivity index (χ1) is 18.1. The highest BCUT2D eigenvalue weighted by Gasteiger charge is 2.45. The summed E-state index contributed by atoms with van der Waals surface area (Å²) in [4.78, 5) is 0. The normalized spacial score (nSPS) is 19.4. The summed E-state index contributed by atoms with van der Waals surface area (Å²) < 4.78 is 42.2. The number of rotatable bonds is 12. The van der Waals surface area contributed by atoms with E-state index in [0.29, 0.717) is 12.2 Å². The van der Waals surface area contributed by atoms with Gasteiger partial charge in [0, 0.05) is 12.2 Å². The Bertz CT molecular complexity index is 1180. The predicted octanol–water partition coefficient (Wildman–Crippen LogP) is 9.33. The van der Waals surface area contributed by atoms with Crippen molar-refractivity contribution in [3.63, 3.8) is 0 Å². The summed E-state index contributed by atoms with van der Waals surface area (Å²) in [5, 5.41) is 0. The van der Waals surface area contributed by atoms with Crippen molar-refractivity contribution in [2.45, 2.75) is 57.9 Å². The van der Waals surface area contributed by atoms with Crippen LogP contribution in [0.15, 0.2) is 96.8 Å². The minimum atomic E-state index is -2.02. The van der Waals surface area contributed by atoms with Gasteiger partial charge in [0.15, 0.2) is 0 Å². The van der Waals surface area contributed by atoms with E-state index in [1.54, 1.807) is 13.0 Å². The highest BCUT2D eigenvalue weighted by atomic mass is 19.2. The lowest BCUT2D eigenvalue weighted by atomic mass is 9.92. The van der Waals surface area contributed by atoms with Crippen LogP contribution in [-0.4, -0.2) is 25.2 Å². The van der Waals surface area contributed by atoms with Gasteiger partial charge in [-0.05, 0) is 47.2 Å². The zero-order chi connectivity index (χ0) is 26.1. The molecule has 2 unspecified atom stereocenters. The molecule has 194 valence electrons. The van der Waals surface area contributed by atoms with Crippen molar-refractivity contribution in [1.82, 2.24) is 0 Å². The largest absolute Gasteiger partial charge is 0.344 e. The molecule has 1 aliphatic carbocycles. The second-order valence-corrected chi connectivity index (χ2v) is 9.40. The standard InChI is InChI=1S/C33H36F2O2/c1-3-5-6-7-11-24-37-33(36-4-2)23-22-30(31(34)32(33)35)29-20-18-28(19-21-29)27-16-14-26(15-17-27)25-12-9-8-10-13-25/h8-10,12-23,32H,3-7,11,24H2,1-2H3. The molecule has 0 spiro atoms. The number of hydrogen-bond donors (Lipinski definition) is 0. The molecule has 0 bridgehead atoms. The minimum absolute atomic E-state index is 0.223. The van der Waals surface area contributed by atoms with Gasteiger partial charge >= 0.3 is 0 Å². The van der Waals surface area contributed by atoms with Crippen molar-refractivity contribution < 1.29 is 18.3 Å². The molecule has 0 fully saturated rings. The molecular weight excluding hydrogens is 466 g/mol. The van der Waals surface area contributed by atoms with Crippen LogP contribution >= 0.6 is 0 Å². The Morgan fingerprint density at radius 3 is 1.78 bits per heavy atom. The van der Waals surface area contributed by atoms with Crippen LogP contribution < -0.4 is 0 Å². The second kappa shape index (κ2) is 12.9. The SMILES string of the molecule is CCCCCCCOC1(OCC)C=CC(c2ccc(-c3ccc(-c4ccccc4)cc3)cc2)=C(F)C1F. The van der Waals surface area contributed by atoms with Crippen LogP contribution in [0.5, 0.6) is 0 Å². The number of allylic oxidation sites excluding steroid dienone is 2. The molecule has 0 heterocycles. The minimum Gasteiger partial charge on any atom is -0.344 e. The van der Waals surface area contributed by atoms with Crippen LogP contribution in [0.25, 0.3) is 27.8 Å². The lowest BCUT2D eigenvalue weighted by Gasteiger charge is -2.35. The third-order valence-electron chi connectivity index (χ3n) is 6.78. The first-order valence-electron chi connectivity index (χ1n) is 13.3. The lowest BCUT2D eigenvalue weighted by molar-refractivity contribution is -0.232. The Hall–Kier alpha value is -3.08. The fraction of sp³-hybridized carbons (Fsp3) is 0.333. The number of alkyl halides is 1. The Labute approximate surface area is 219 Å². The average molecular weight is 503 g/mol. The topological polar surface area (TPSA) is 18.5 Å². The molecule has 0 saturated carbocycles. The van der Waals surface area contributed by atoms with Crippen LogP contribution in [0.2, 0.25) is 0 Å². The van der Waals surface area contributed by atoms with Gasteiger partial charge in [-0.1, -0.05) is 118 Å². The van der Waals surface area contributed by atoms with Crippen molar-refractivity contribution in [3.05, 3.63) is 102 Å².